The number of para-hydroxylation sites is 1. The maximum Gasteiger partial charge on any atom is 0.279 e. The fourth-order valence-electron chi connectivity index (χ4n) is 5.13. The highest BCUT2D eigenvalue weighted by molar-refractivity contribution is 7.20. The van der Waals surface area contributed by atoms with Crippen LogP contribution in [-0.2, 0) is 11.3 Å². The van der Waals surface area contributed by atoms with Crippen LogP contribution in [0, 0.1) is 5.92 Å². The van der Waals surface area contributed by atoms with Gasteiger partial charge in [-0.3, -0.25) is 9.69 Å². The molecule has 7 heteroatoms. The zero-order valence-corrected chi connectivity index (χ0v) is 19.4. The topological polar surface area (TPSA) is 61.5 Å². The van der Waals surface area contributed by atoms with Crippen LogP contribution < -0.4 is 4.74 Å². The minimum Gasteiger partial charge on any atom is -0.431 e. The van der Waals surface area contributed by atoms with Gasteiger partial charge in [-0.25, -0.2) is 4.98 Å². The summed E-state index contributed by atoms with van der Waals surface area (Å²) >= 11 is 1.56. The highest BCUT2D eigenvalue weighted by atomic mass is 32.1. The molecule has 2 aromatic heterocycles. The molecule has 6 rings (SSSR count). The van der Waals surface area contributed by atoms with Crippen molar-refractivity contribution < 1.29 is 9.53 Å². The van der Waals surface area contributed by atoms with Gasteiger partial charge in [-0.2, -0.15) is 0 Å². The lowest BCUT2D eigenvalue weighted by atomic mass is 9.95. The highest BCUT2D eigenvalue weighted by Gasteiger charge is 2.29. The van der Waals surface area contributed by atoms with Gasteiger partial charge in [0.2, 0.25) is 5.91 Å². The van der Waals surface area contributed by atoms with E-state index < -0.39 is 0 Å². The van der Waals surface area contributed by atoms with Crippen LogP contribution in [0.5, 0.6) is 10.9 Å². The summed E-state index contributed by atoms with van der Waals surface area (Å²) in [5, 5.41) is 1.88. The van der Waals surface area contributed by atoms with Gasteiger partial charge >= 0.3 is 0 Å². The number of hydrogen-bond acceptors (Lipinski definition) is 5. The molecule has 0 atom stereocenters. The van der Waals surface area contributed by atoms with Crippen LogP contribution in [0.25, 0.3) is 21.1 Å². The Morgan fingerprint density at radius 1 is 1.09 bits per heavy atom. The first-order valence-electron chi connectivity index (χ1n) is 11.9. The highest BCUT2D eigenvalue weighted by Crippen LogP contribution is 2.33. The molecule has 0 spiro atoms. The normalized spacial score (nSPS) is 17.9. The van der Waals surface area contributed by atoms with Crippen molar-refractivity contribution >= 4 is 38.4 Å². The Hall–Kier alpha value is -2.90. The number of nitrogens with one attached hydrogen (secondary N) is 1. The number of hydrogen-bond donors (Lipinski definition) is 1. The standard InChI is InChI=1S/C26H28N4O2S/c31-25(30-11-3-4-12-30)18-9-13-29(14-10-18)17-19-16-27-23-15-20(7-8-21(19)23)32-26-28-22-5-1-2-6-24(22)33-26/h1-2,5-8,15-16,18,27H,3-4,9-14,17H2. The van der Waals surface area contributed by atoms with Crippen molar-refractivity contribution in [1.29, 1.82) is 0 Å². The number of nitrogens with zero attached hydrogens (tertiary/aromatic N) is 3. The van der Waals surface area contributed by atoms with Gasteiger partial charge in [0.1, 0.15) is 5.75 Å². The zero-order valence-electron chi connectivity index (χ0n) is 18.6. The lowest BCUT2D eigenvalue weighted by Gasteiger charge is -2.33. The number of thiazole rings is 1. The van der Waals surface area contributed by atoms with E-state index in [9.17, 15) is 4.79 Å². The fraction of sp³-hybridized carbons (Fsp3) is 0.385. The molecule has 2 aliphatic heterocycles. The third-order valence-electron chi connectivity index (χ3n) is 6.97. The van der Waals surface area contributed by atoms with E-state index in [0.29, 0.717) is 11.1 Å². The van der Waals surface area contributed by atoms with Crippen LogP contribution in [0.1, 0.15) is 31.2 Å². The minimum atomic E-state index is 0.213. The van der Waals surface area contributed by atoms with Crippen molar-refractivity contribution in [3.05, 3.63) is 54.2 Å². The second-order valence-corrected chi connectivity index (χ2v) is 10.1. The number of benzene rings is 2. The van der Waals surface area contributed by atoms with Gasteiger partial charge in [-0.05, 0) is 68.6 Å². The summed E-state index contributed by atoms with van der Waals surface area (Å²) in [6.07, 6.45) is 6.38. The summed E-state index contributed by atoms with van der Waals surface area (Å²) in [6, 6.07) is 14.3. The molecule has 2 aromatic carbocycles. The maximum absolute atomic E-state index is 12.7. The number of likely N-dealkylation sites (tertiary alicyclic amines) is 2. The van der Waals surface area contributed by atoms with Gasteiger partial charge in [0.25, 0.3) is 5.19 Å². The first kappa shape index (κ1) is 20.7. The molecule has 33 heavy (non-hydrogen) atoms. The van der Waals surface area contributed by atoms with Gasteiger partial charge in [-0.1, -0.05) is 23.5 Å². The van der Waals surface area contributed by atoms with Gasteiger partial charge in [0, 0.05) is 48.7 Å². The Labute approximate surface area is 197 Å². The first-order valence-corrected chi connectivity index (χ1v) is 12.7. The third-order valence-corrected chi connectivity index (χ3v) is 7.88. The van der Waals surface area contributed by atoms with Crippen molar-refractivity contribution in [2.24, 2.45) is 5.92 Å². The predicted molar refractivity (Wildman–Crippen MR) is 132 cm³/mol. The number of aromatic amines is 1. The molecule has 0 aliphatic carbocycles. The van der Waals surface area contributed by atoms with E-state index >= 15 is 0 Å². The van der Waals surface area contributed by atoms with Gasteiger partial charge < -0.3 is 14.6 Å². The number of fused-ring (bicyclic) bond motifs is 2. The molecule has 0 saturated carbocycles. The predicted octanol–water partition coefficient (Wildman–Crippen LogP) is 5.40. The molecule has 4 heterocycles. The van der Waals surface area contributed by atoms with Crippen LogP contribution in [0.4, 0.5) is 0 Å². The summed E-state index contributed by atoms with van der Waals surface area (Å²) in [7, 11) is 0. The average Bonchev–Trinajstić information content (AvgIpc) is 3.59. The van der Waals surface area contributed by atoms with E-state index in [-0.39, 0.29) is 5.92 Å². The second kappa shape index (κ2) is 8.80. The molecule has 2 aliphatic rings. The van der Waals surface area contributed by atoms with E-state index in [1.807, 2.05) is 30.3 Å². The van der Waals surface area contributed by atoms with E-state index in [1.165, 1.54) is 23.8 Å². The number of piperidine rings is 1. The van der Waals surface area contributed by atoms with Crippen molar-refractivity contribution in [3.8, 4) is 10.9 Å². The minimum absolute atomic E-state index is 0.213. The molecule has 1 N–H and O–H groups in total. The maximum atomic E-state index is 12.7. The number of ether oxygens (including phenoxy) is 1. The quantitative estimate of drug-likeness (QED) is 0.433. The molecule has 0 radical (unpaired) electrons. The number of carbonyl (C=O) groups excluding carboxylic acids is 1. The van der Waals surface area contributed by atoms with Crippen molar-refractivity contribution in [3.63, 3.8) is 0 Å². The summed E-state index contributed by atoms with van der Waals surface area (Å²) in [6.45, 7) is 4.78. The molecule has 170 valence electrons. The fourth-order valence-corrected chi connectivity index (χ4v) is 5.96. The summed E-state index contributed by atoms with van der Waals surface area (Å²) < 4.78 is 7.17. The van der Waals surface area contributed by atoms with Crippen molar-refractivity contribution in [2.75, 3.05) is 26.2 Å². The van der Waals surface area contributed by atoms with E-state index in [2.05, 4.69) is 38.1 Å². The number of carbonyl (C=O) groups is 1. The Morgan fingerprint density at radius 3 is 2.73 bits per heavy atom. The Balaban J connectivity index is 1.10. The molecule has 0 bridgehead atoms. The molecule has 2 saturated heterocycles. The van der Waals surface area contributed by atoms with E-state index in [1.54, 1.807) is 11.3 Å². The number of rotatable bonds is 5. The van der Waals surface area contributed by atoms with Gasteiger partial charge in [0.15, 0.2) is 0 Å². The van der Waals surface area contributed by atoms with E-state index in [0.717, 1.165) is 67.0 Å². The summed E-state index contributed by atoms with van der Waals surface area (Å²) in [4.78, 5) is 25.2. The van der Waals surface area contributed by atoms with Crippen LogP contribution in [0.15, 0.2) is 48.7 Å². The first-order chi connectivity index (χ1) is 16.2. The Bertz CT molecular complexity index is 1250. The third kappa shape index (κ3) is 4.23. The van der Waals surface area contributed by atoms with Crippen LogP contribution in [-0.4, -0.2) is 51.9 Å². The van der Waals surface area contributed by atoms with Crippen molar-refractivity contribution in [2.45, 2.75) is 32.2 Å². The molecular weight excluding hydrogens is 432 g/mol. The molecule has 0 unspecified atom stereocenters. The van der Waals surface area contributed by atoms with Crippen LogP contribution >= 0.6 is 11.3 Å². The van der Waals surface area contributed by atoms with Crippen LogP contribution in [0.3, 0.4) is 0 Å². The largest absolute Gasteiger partial charge is 0.431 e. The molecular formula is C26H28N4O2S. The Kier molecular flexibility index (Phi) is 5.52. The lowest BCUT2D eigenvalue weighted by Crippen LogP contribution is -2.41. The van der Waals surface area contributed by atoms with Crippen molar-refractivity contribution in [1.82, 2.24) is 19.8 Å². The summed E-state index contributed by atoms with van der Waals surface area (Å²) in [5.41, 5.74) is 3.33. The van der Waals surface area contributed by atoms with E-state index in [4.69, 9.17) is 4.74 Å². The smallest absolute Gasteiger partial charge is 0.279 e. The Morgan fingerprint density at radius 2 is 1.91 bits per heavy atom. The molecule has 6 nitrogen and oxygen atoms in total. The monoisotopic (exact) mass is 460 g/mol. The molecule has 2 fully saturated rings. The van der Waals surface area contributed by atoms with Gasteiger partial charge in [0.05, 0.1) is 10.2 Å². The molecule has 4 aromatic rings. The SMILES string of the molecule is O=C(C1CCN(Cc2c[nH]c3cc(Oc4nc5ccccc5s4)ccc23)CC1)N1CCCC1. The van der Waals surface area contributed by atoms with Crippen LogP contribution in [0.2, 0.25) is 0 Å². The van der Waals surface area contributed by atoms with Gasteiger partial charge in [-0.15, -0.1) is 0 Å². The number of H-pyrrole nitrogens is 1. The number of amides is 1. The number of aromatic nitrogens is 2. The lowest BCUT2D eigenvalue weighted by molar-refractivity contribution is -0.136. The zero-order chi connectivity index (χ0) is 22.2. The second-order valence-electron chi connectivity index (χ2n) is 9.15. The molecule has 1 amide bonds. The average molecular weight is 461 g/mol. The summed E-state index contributed by atoms with van der Waals surface area (Å²) in [5.74, 6) is 1.39.